The van der Waals surface area contributed by atoms with Crippen molar-refractivity contribution in [2.24, 2.45) is 0 Å². The van der Waals surface area contributed by atoms with Crippen molar-refractivity contribution in [2.45, 2.75) is 36.4 Å². The van der Waals surface area contributed by atoms with E-state index in [0.29, 0.717) is 4.21 Å². The molecule has 1 aliphatic rings. The molecule has 1 atom stereocenters. The molecule has 0 saturated carbocycles. The van der Waals surface area contributed by atoms with E-state index in [1.807, 2.05) is 31.2 Å². The van der Waals surface area contributed by atoms with Crippen LogP contribution in [0.5, 0.6) is 0 Å². The highest BCUT2D eigenvalue weighted by atomic mass is 32.2. The Balaban J connectivity index is 1.85. The van der Waals surface area contributed by atoms with E-state index in [1.165, 1.54) is 11.3 Å². The summed E-state index contributed by atoms with van der Waals surface area (Å²) >= 11 is 1.34. The molecule has 0 amide bonds. The number of nitrogens with two attached hydrogens (primary N) is 1. The third-order valence-corrected chi connectivity index (χ3v) is 6.99. The lowest BCUT2D eigenvalue weighted by atomic mass is 10.1. The Labute approximate surface area is 129 Å². The van der Waals surface area contributed by atoms with Gasteiger partial charge in [-0.3, -0.25) is 0 Å². The van der Waals surface area contributed by atoms with Crippen LogP contribution in [0.25, 0.3) is 0 Å². The standard InChI is InChI=1S/C15H18N2O2S2/c1-2-12-5-8-15(20-12)21(18,19)17-14-7-3-10-9-11(16)4-6-13(10)14/h4-6,8-9,14,17H,2-3,7,16H2,1H3. The molecule has 1 aromatic carbocycles. The molecule has 3 rings (SSSR count). The number of anilines is 1. The maximum Gasteiger partial charge on any atom is 0.250 e. The fraction of sp³-hybridized carbons (Fsp3) is 0.333. The third-order valence-electron chi connectivity index (χ3n) is 3.79. The Kier molecular flexibility index (Phi) is 3.77. The molecule has 0 spiro atoms. The second-order valence-corrected chi connectivity index (χ2v) is 8.35. The van der Waals surface area contributed by atoms with Gasteiger partial charge < -0.3 is 5.73 Å². The predicted octanol–water partition coefficient (Wildman–Crippen LogP) is 2.86. The van der Waals surface area contributed by atoms with Gasteiger partial charge in [-0.05, 0) is 54.7 Å². The summed E-state index contributed by atoms with van der Waals surface area (Å²) in [5, 5.41) is 0. The number of rotatable bonds is 4. The minimum absolute atomic E-state index is 0.155. The number of hydrogen-bond donors (Lipinski definition) is 2. The van der Waals surface area contributed by atoms with Crippen molar-refractivity contribution >= 4 is 27.0 Å². The minimum Gasteiger partial charge on any atom is -0.399 e. The number of nitrogens with one attached hydrogen (secondary N) is 1. The Morgan fingerprint density at radius 3 is 2.86 bits per heavy atom. The molecule has 21 heavy (non-hydrogen) atoms. The largest absolute Gasteiger partial charge is 0.399 e. The highest BCUT2D eigenvalue weighted by molar-refractivity contribution is 7.91. The first-order chi connectivity index (χ1) is 9.99. The lowest BCUT2D eigenvalue weighted by molar-refractivity contribution is 0.556. The first-order valence-corrected chi connectivity index (χ1v) is 9.29. The Bertz CT molecular complexity index is 766. The summed E-state index contributed by atoms with van der Waals surface area (Å²) < 4.78 is 28.2. The van der Waals surface area contributed by atoms with Crippen molar-refractivity contribution in [3.63, 3.8) is 0 Å². The van der Waals surface area contributed by atoms with Gasteiger partial charge in [0.15, 0.2) is 0 Å². The molecule has 3 N–H and O–H groups in total. The molecule has 0 fully saturated rings. The lowest BCUT2D eigenvalue weighted by Crippen LogP contribution is -2.26. The normalized spacial score (nSPS) is 17.9. The summed E-state index contributed by atoms with van der Waals surface area (Å²) in [4.78, 5) is 1.08. The average Bonchev–Trinajstić information content (AvgIpc) is 3.06. The molecule has 2 aromatic rings. The van der Waals surface area contributed by atoms with Crippen LogP contribution < -0.4 is 10.5 Å². The van der Waals surface area contributed by atoms with E-state index in [1.54, 1.807) is 6.07 Å². The number of aryl methyl sites for hydroxylation is 2. The van der Waals surface area contributed by atoms with E-state index in [0.717, 1.165) is 41.0 Å². The molecular weight excluding hydrogens is 304 g/mol. The molecule has 0 saturated heterocycles. The SMILES string of the molecule is CCc1ccc(S(=O)(=O)NC2CCc3cc(N)ccc32)s1. The van der Waals surface area contributed by atoms with E-state index in [9.17, 15) is 8.42 Å². The number of nitrogen functional groups attached to an aromatic ring is 1. The highest BCUT2D eigenvalue weighted by Gasteiger charge is 2.28. The van der Waals surface area contributed by atoms with E-state index < -0.39 is 10.0 Å². The first-order valence-electron chi connectivity index (χ1n) is 6.99. The Morgan fingerprint density at radius 1 is 1.33 bits per heavy atom. The second kappa shape index (κ2) is 5.44. The summed E-state index contributed by atoms with van der Waals surface area (Å²) in [6, 6.07) is 9.09. The second-order valence-electron chi connectivity index (χ2n) is 5.25. The maximum absolute atomic E-state index is 12.5. The van der Waals surface area contributed by atoms with Crippen molar-refractivity contribution in [1.29, 1.82) is 0 Å². The molecule has 0 bridgehead atoms. The summed E-state index contributed by atoms with van der Waals surface area (Å²) in [5.74, 6) is 0. The zero-order valence-corrected chi connectivity index (χ0v) is 13.4. The fourth-order valence-electron chi connectivity index (χ4n) is 2.70. The number of benzene rings is 1. The van der Waals surface area contributed by atoms with Crippen LogP contribution in [0.1, 0.15) is 35.4 Å². The van der Waals surface area contributed by atoms with E-state index in [2.05, 4.69) is 4.72 Å². The van der Waals surface area contributed by atoms with Gasteiger partial charge in [0.1, 0.15) is 4.21 Å². The summed E-state index contributed by atoms with van der Waals surface area (Å²) in [5.41, 5.74) is 8.68. The Hall–Kier alpha value is -1.37. The van der Waals surface area contributed by atoms with E-state index >= 15 is 0 Å². The van der Waals surface area contributed by atoms with Crippen molar-refractivity contribution < 1.29 is 8.42 Å². The fourth-order valence-corrected chi connectivity index (χ4v) is 5.26. The van der Waals surface area contributed by atoms with Gasteiger partial charge in [-0.25, -0.2) is 13.1 Å². The molecule has 6 heteroatoms. The topological polar surface area (TPSA) is 72.2 Å². The molecule has 112 valence electrons. The first kappa shape index (κ1) is 14.6. The highest BCUT2D eigenvalue weighted by Crippen LogP contribution is 2.34. The minimum atomic E-state index is -3.45. The van der Waals surface area contributed by atoms with Crippen LogP contribution in [-0.4, -0.2) is 8.42 Å². The van der Waals surface area contributed by atoms with Crippen LogP contribution in [0.3, 0.4) is 0 Å². The van der Waals surface area contributed by atoms with E-state index in [-0.39, 0.29) is 6.04 Å². The van der Waals surface area contributed by atoms with Crippen molar-refractivity contribution in [1.82, 2.24) is 4.72 Å². The maximum atomic E-state index is 12.5. The average molecular weight is 322 g/mol. The monoisotopic (exact) mass is 322 g/mol. The summed E-state index contributed by atoms with van der Waals surface area (Å²) in [6.45, 7) is 2.02. The van der Waals surface area contributed by atoms with Crippen LogP contribution in [0, 0.1) is 0 Å². The van der Waals surface area contributed by atoms with Crippen LogP contribution in [0.4, 0.5) is 5.69 Å². The molecule has 1 unspecified atom stereocenters. The molecular formula is C15H18N2O2S2. The van der Waals surface area contributed by atoms with Gasteiger partial charge in [0.25, 0.3) is 10.0 Å². The van der Waals surface area contributed by atoms with Crippen molar-refractivity contribution in [3.05, 3.63) is 46.3 Å². The smallest absolute Gasteiger partial charge is 0.250 e. The van der Waals surface area contributed by atoms with Gasteiger partial charge >= 0.3 is 0 Å². The van der Waals surface area contributed by atoms with Gasteiger partial charge in [-0.2, -0.15) is 0 Å². The summed E-state index contributed by atoms with van der Waals surface area (Å²) in [7, 11) is -3.45. The lowest BCUT2D eigenvalue weighted by Gasteiger charge is -2.13. The molecule has 1 heterocycles. The number of sulfonamides is 1. The predicted molar refractivity (Wildman–Crippen MR) is 85.9 cm³/mol. The van der Waals surface area contributed by atoms with Gasteiger partial charge in [0.05, 0.1) is 0 Å². The van der Waals surface area contributed by atoms with Crippen LogP contribution in [0.15, 0.2) is 34.5 Å². The zero-order valence-electron chi connectivity index (χ0n) is 11.8. The van der Waals surface area contributed by atoms with Gasteiger partial charge in [0, 0.05) is 16.6 Å². The van der Waals surface area contributed by atoms with Gasteiger partial charge in [-0.15, -0.1) is 11.3 Å². The van der Waals surface area contributed by atoms with Crippen LogP contribution >= 0.6 is 11.3 Å². The van der Waals surface area contributed by atoms with Gasteiger partial charge in [0.2, 0.25) is 0 Å². The molecule has 0 radical (unpaired) electrons. The zero-order chi connectivity index (χ0) is 15.0. The number of fused-ring (bicyclic) bond motifs is 1. The summed E-state index contributed by atoms with van der Waals surface area (Å²) in [6.07, 6.45) is 2.49. The van der Waals surface area contributed by atoms with Crippen molar-refractivity contribution in [2.75, 3.05) is 5.73 Å². The van der Waals surface area contributed by atoms with Crippen LogP contribution in [0.2, 0.25) is 0 Å². The van der Waals surface area contributed by atoms with Gasteiger partial charge in [-0.1, -0.05) is 13.0 Å². The number of thiophene rings is 1. The molecule has 1 aliphatic carbocycles. The number of hydrogen-bond acceptors (Lipinski definition) is 4. The molecule has 0 aliphatic heterocycles. The van der Waals surface area contributed by atoms with E-state index in [4.69, 9.17) is 5.73 Å². The molecule has 1 aromatic heterocycles. The van der Waals surface area contributed by atoms with Crippen LogP contribution in [-0.2, 0) is 22.9 Å². The quantitative estimate of drug-likeness (QED) is 0.850. The van der Waals surface area contributed by atoms with Crippen molar-refractivity contribution in [3.8, 4) is 0 Å². The molecule has 4 nitrogen and oxygen atoms in total. The Morgan fingerprint density at radius 2 is 2.14 bits per heavy atom. The third kappa shape index (κ3) is 2.84.